The maximum absolute atomic E-state index is 6.18. The van der Waals surface area contributed by atoms with Crippen molar-refractivity contribution in [1.82, 2.24) is 9.97 Å². The summed E-state index contributed by atoms with van der Waals surface area (Å²) in [4.78, 5) is 11.2. The molecule has 21 heavy (non-hydrogen) atoms. The number of aromatic nitrogens is 2. The monoisotopic (exact) mass is 303 g/mol. The van der Waals surface area contributed by atoms with Gasteiger partial charge in [-0.05, 0) is 13.8 Å². The molecule has 1 saturated heterocycles. The van der Waals surface area contributed by atoms with E-state index in [4.69, 9.17) is 16.3 Å². The Bertz CT molecular complexity index is 631. The van der Waals surface area contributed by atoms with Crippen molar-refractivity contribution in [2.75, 3.05) is 24.6 Å². The van der Waals surface area contributed by atoms with Crippen LogP contribution >= 0.6 is 11.6 Å². The lowest BCUT2D eigenvalue weighted by molar-refractivity contribution is -0.0279. The van der Waals surface area contributed by atoms with Gasteiger partial charge in [-0.1, -0.05) is 41.9 Å². The number of anilines is 1. The first-order valence-electron chi connectivity index (χ1n) is 7.02. The van der Waals surface area contributed by atoms with E-state index < -0.39 is 0 Å². The Morgan fingerprint density at radius 1 is 1.19 bits per heavy atom. The van der Waals surface area contributed by atoms with Crippen LogP contribution in [0.2, 0.25) is 5.15 Å². The minimum Gasteiger partial charge on any atom is -0.372 e. The molecule has 0 atom stereocenters. The van der Waals surface area contributed by atoms with Crippen molar-refractivity contribution in [1.29, 1.82) is 0 Å². The van der Waals surface area contributed by atoms with Crippen LogP contribution in [0.1, 0.15) is 13.8 Å². The summed E-state index contributed by atoms with van der Waals surface area (Å²) in [6.07, 6.45) is 0. The summed E-state index contributed by atoms with van der Waals surface area (Å²) in [5, 5.41) is 0.461. The highest BCUT2D eigenvalue weighted by Crippen LogP contribution is 2.26. The van der Waals surface area contributed by atoms with Crippen LogP contribution in [-0.2, 0) is 4.74 Å². The molecule has 5 heteroatoms. The second-order valence-corrected chi connectivity index (χ2v) is 6.16. The molecule has 0 N–H and O–H groups in total. The minimum absolute atomic E-state index is 0.178. The SMILES string of the molecule is CC1(C)CN(c2cc(Cl)nc(-c3ccccc3)n2)CCO1. The Kier molecular flexibility index (Phi) is 3.83. The van der Waals surface area contributed by atoms with Crippen molar-refractivity contribution < 1.29 is 4.74 Å². The van der Waals surface area contributed by atoms with Crippen molar-refractivity contribution in [2.45, 2.75) is 19.4 Å². The van der Waals surface area contributed by atoms with Gasteiger partial charge < -0.3 is 9.64 Å². The number of nitrogens with zero attached hydrogens (tertiary/aromatic N) is 3. The molecule has 1 aliphatic rings. The predicted molar refractivity (Wildman–Crippen MR) is 84.7 cm³/mol. The Balaban J connectivity index is 1.95. The molecule has 1 fully saturated rings. The maximum Gasteiger partial charge on any atom is 0.163 e. The van der Waals surface area contributed by atoms with Crippen molar-refractivity contribution in [2.24, 2.45) is 0 Å². The Morgan fingerprint density at radius 2 is 1.95 bits per heavy atom. The molecule has 1 aliphatic heterocycles. The smallest absolute Gasteiger partial charge is 0.163 e. The van der Waals surface area contributed by atoms with E-state index in [9.17, 15) is 0 Å². The first-order chi connectivity index (χ1) is 10.0. The van der Waals surface area contributed by atoms with Gasteiger partial charge in [-0.2, -0.15) is 0 Å². The molecule has 110 valence electrons. The third-order valence-corrected chi connectivity index (χ3v) is 3.66. The third kappa shape index (κ3) is 3.34. The van der Waals surface area contributed by atoms with Crippen LogP contribution in [0.3, 0.4) is 0 Å². The fourth-order valence-corrected chi connectivity index (χ4v) is 2.67. The van der Waals surface area contributed by atoms with Crippen molar-refractivity contribution in [3.05, 3.63) is 41.6 Å². The van der Waals surface area contributed by atoms with Gasteiger partial charge in [-0.25, -0.2) is 9.97 Å². The summed E-state index contributed by atoms with van der Waals surface area (Å²) in [6.45, 7) is 6.45. The lowest BCUT2D eigenvalue weighted by atomic mass is 10.1. The van der Waals surface area contributed by atoms with Gasteiger partial charge in [0.25, 0.3) is 0 Å². The van der Waals surface area contributed by atoms with Crippen LogP contribution in [0.25, 0.3) is 11.4 Å². The molecule has 4 nitrogen and oxygen atoms in total. The maximum atomic E-state index is 6.18. The summed E-state index contributed by atoms with van der Waals surface area (Å²) in [5.74, 6) is 1.51. The molecular formula is C16H18ClN3O. The number of rotatable bonds is 2. The van der Waals surface area contributed by atoms with Gasteiger partial charge in [0.15, 0.2) is 5.82 Å². The number of hydrogen-bond acceptors (Lipinski definition) is 4. The minimum atomic E-state index is -0.178. The van der Waals surface area contributed by atoms with E-state index >= 15 is 0 Å². The molecule has 0 bridgehead atoms. The molecule has 0 unspecified atom stereocenters. The van der Waals surface area contributed by atoms with Crippen LogP contribution in [0, 0.1) is 0 Å². The van der Waals surface area contributed by atoms with E-state index in [1.165, 1.54) is 0 Å². The number of hydrogen-bond donors (Lipinski definition) is 0. The van der Waals surface area contributed by atoms with E-state index in [1.807, 2.05) is 36.4 Å². The van der Waals surface area contributed by atoms with Crippen LogP contribution < -0.4 is 4.90 Å². The third-order valence-electron chi connectivity index (χ3n) is 3.46. The van der Waals surface area contributed by atoms with Gasteiger partial charge in [0.1, 0.15) is 11.0 Å². The summed E-state index contributed by atoms with van der Waals surface area (Å²) < 4.78 is 5.74. The number of halogens is 1. The molecule has 1 aromatic heterocycles. The zero-order valence-corrected chi connectivity index (χ0v) is 13.0. The fourth-order valence-electron chi connectivity index (χ4n) is 2.50. The lowest BCUT2D eigenvalue weighted by Gasteiger charge is -2.38. The van der Waals surface area contributed by atoms with Crippen LogP contribution in [0.4, 0.5) is 5.82 Å². The Hall–Kier alpha value is -1.65. The van der Waals surface area contributed by atoms with Gasteiger partial charge >= 0.3 is 0 Å². The molecule has 0 saturated carbocycles. The highest BCUT2D eigenvalue weighted by molar-refractivity contribution is 6.29. The summed E-state index contributed by atoms with van der Waals surface area (Å²) >= 11 is 6.18. The molecule has 0 radical (unpaired) electrons. The number of morpholine rings is 1. The topological polar surface area (TPSA) is 38.2 Å². The lowest BCUT2D eigenvalue weighted by Crippen LogP contribution is -2.48. The standard InChI is InChI=1S/C16H18ClN3O/c1-16(2)11-20(8-9-21-16)14-10-13(17)18-15(19-14)12-6-4-3-5-7-12/h3-7,10H,8-9,11H2,1-2H3. The summed E-state index contributed by atoms with van der Waals surface area (Å²) in [5.41, 5.74) is 0.788. The zero-order chi connectivity index (χ0) is 14.9. The molecule has 2 aromatic rings. The molecule has 0 spiro atoms. The van der Waals surface area contributed by atoms with Crippen LogP contribution in [0.5, 0.6) is 0 Å². The highest BCUT2D eigenvalue weighted by Gasteiger charge is 2.28. The highest BCUT2D eigenvalue weighted by atomic mass is 35.5. The average molecular weight is 304 g/mol. The van der Waals surface area contributed by atoms with E-state index in [-0.39, 0.29) is 5.60 Å². The van der Waals surface area contributed by atoms with Crippen molar-refractivity contribution in [3.8, 4) is 11.4 Å². The van der Waals surface area contributed by atoms with Gasteiger partial charge in [0.2, 0.25) is 0 Å². The van der Waals surface area contributed by atoms with E-state index in [2.05, 4.69) is 28.7 Å². The molecule has 1 aromatic carbocycles. The van der Waals surface area contributed by atoms with E-state index in [0.29, 0.717) is 17.6 Å². The second kappa shape index (κ2) is 5.62. The van der Waals surface area contributed by atoms with Gasteiger partial charge in [0, 0.05) is 24.7 Å². The normalized spacial score (nSPS) is 17.8. The van der Waals surface area contributed by atoms with Crippen LogP contribution in [-0.4, -0.2) is 35.3 Å². The second-order valence-electron chi connectivity index (χ2n) is 5.77. The molecule has 3 rings (SSSR count). The van der Waals surface area contributed by atoms with Gasteiger partial charge in [-0.3, -0.25) is 0 Å². The van der Waals surface area contributed by atoms with Crippen molar-refractivity contribution in [3.63, 3.8) is 0 Å². The largest absolute Gasteiger partial charge is 0.372 e. The molecular weight excluding hydrogens is 286 g/mol. The Labute approximate surface area is 129 Å². The zero-order valence-electron chi connectivity index (χ0n) is 12.2. The van der Waals surface area contributed by atoms with E-state index in [1.54, 1.807) is 0 Å². The molecule has 2 heterocycles. The summed E-state index contributed by atoms with van der Waals surface area (Å²) in [6, 6.07) is 11.7. The fraction of sp³-hybridized carbons (Fsp3) is 0.375. The van der Waals surface area contributed by atoms with Crippen LogP contribution in [0.15, 0.2) is 36.4 Å². The van der Waals surface area contributed by atoms with Gasteiger partial charge in [-0.15, -0.1) is 0 Å². The number of benzene rings is 1. The first kappa shape index (κ1) is 14.3. The number of ether oxygens (including phenoxy) is 1. The van der Waals surface area contributed by atoms with Gasteiger partial charge in [0.05, 0.1) is 12.2 Å². The average Bonchev–Trinajstić information content (AvgIpc) is 2.46. The molecule has 0 aliphatic carbocycles. The molecule has 0 amide bonds. The quantitative estimate of drug-likeness (QED) is 0.797. The first-order valence-corrected chi connectivity index (χ1v) is 7.40. The van der Waals surface area contributed by atoms with Crippen molar-refractivity contribution >= 4 is 17.4 Å². The Morgan fingerprint density at radius 3 is 2.67 bits per heavy atom. The predicted octanol–water partition coefficient (Wildman–Crippen LogP) is 3.41. The summed E-state index contributed by atoms with van der Waals surface area (Å²) in [7, 11) is 0. The van der Waals surface area contributed by atoms with E-state index in [0.717, 1.165) is 24.5 Å².